The number of amides is 1. The second-order valence-electron chi connectivity index (χ2n) is 11.7. The summed E-state index contributed by atoms with van der Waals surface area (Å²) in [6.07, 6.45) is 0.588. The molecule has 2 aliphatic rings. The fourth-order valence-electron chi connectivity index (χ4n) is 5.62. The van der Waals surface area contributed by atoms with Crippen molar-refractivity contribution < 1.29 is 32.7 Å². The van der Waals surface area contributed by atoms with E-state index in [-0.39, 0.29) is 27.6 Å². The number of carbonyl (C=O) groups excluding carboxylic acids is 2. The number of pyridine rings is 1. The molecule has 0 bridgehead atoms. The summed E-state index contributed by atoms with van der Waals surface area (Å²) in [5.41, 5.74) is -2.81. The summed E-state index contributed by atoms with van der Waals surface area (Å²) in [4.78, 5) is 43.0. The molecule has 0 aromatic carbocycles. The van der Waals surface area contributed by atoms with E-state index in [1.165, 1.54) is 12.4 Å². The van der Waals surface area contributed by atoms with Crippen LogP contribution in [0.1, 0.15) is 85.3 Å². The Bertz CT molecular complexity index is 1280. The third kappa shape index (κ3) is 6.09. The molecule has 4 rings (SSSR count). The van der Waals surface area contributed by atoms with Crippen LogP contribution in [-0.2, 0) is 11.0 Å². The lowest BCUT2D eigenvalue weighted by atomic mass is 9.81. The monoisotopic (exact) mass is 588 g/mol. The molecule has 212 valence electrons. The highest BCUT2D eigenvalue weighted by atomic mass is 35.5. The van der Waals surface area contributed by atoms with Crippen LogP contribution in [0.3, 0.4) is 0 Å². The number of aliphatic carboxylic acids is 1. The first kappa shape index (κ1) is 29.3. The number of carboxylic acids is 1. The first-order valence-electron chi connectivity index (χ1n) is 12.5. The molecule has 0 radical (unpaired) electrons. The number of alkyl halides is 3. The van der Waals surface area contributed by atoms with E-state index < -0.39 is 59.0 Å². The molecule has 2 aliphatic carbocycles. The van der Waals surface area contributed by atoms with Crippen LogP contribution >= 0.6 is 23.2 Å². The molecule has 2 aromatic heterocycles. The molecule has 2 fully saturated rings. The van der Waals surface area contributed by atoms with Gasteiger partial charge < -0.3 is 10.0 Å². The van der Waals surface area contributed by atoms with Crippen molar-refractivity contribution in [1.82, 2.24) is 19.7 Å². The third-order valence-corrected chi connectivity index (χ3v) is 8.07. The summed E-state index contributed by atoms with van der Waals surface area (Å²) in [7, 11) is 0. The van der Waals surface area contributed by atoms with Crippen molar-refractivity contribution in [2.24, 2.45) is 16.7 Å². The number of rotatable bonds is 7. The van der Waals surface area contributed by atoms with Crippen molar-refractivity contribution in [1.29, 1.82) is 0 Å². The van der Waals surface area contributed by atoms with Gasteiger partial charge in [0.25, 0.3) is 5.91 Å². The molecule has 13 heteroatoms. The van der Waals surface area contributed by atoms with E-state index in [4.69, 9.17) is 23.2 Å². The molecular formula is C26H29Cl2F3N4O4. The molecule has 2 heterocycles. The fraction of sp³-hybridized carbons (Fsp3) is 0.577. The first-order valence-corrected chi connectivity index (χ1v) is 13.3. The minimum absolute atomic E-state index is 0.0249. The molecule has 0 unspecified atom stereocenters. The zero-order valence-corrected chi connectivity index (χ0v) is 23.2. The number of hydrogen-bond acceptors (Lipinski definition) is 5. The van der Waals surface area contributed by atoms with Gasteiger partial charge in [0.05, 0.1) is 45.9 Å². The quantitative estimate of drug-likeness (QED) is 0.387. The van der Waals surface area contributed by atoms with Crippen molar-refractivity contribution in [3.63, 3.8) is 0 Å². The number of ketones is 1. The predicted molar refractivity (Wildman–Crippen MR) is 137 cm³/mol. The van der Waals surface area contributed by atoms with Gasteiger partial charge in [-0.05, 0) is 42.9 Å². The molecule has 2 aromatic rings. The molecule has 8 nitrogen and oxygen atoms in total. The maximum atomic E-state index is 14.4. The Labute approximate surface area is 233 Å². The van der Waals surface area contributed by atoms with Crippen LogP contribution in [0, 0.1) is 16.7 Å². The average molecular weight is 589 g/mol. The van der Waals surface area contributed by atoms with Gasteiger partial charge in [-0.2, -0.15) is 18.3 Å². The minimum atomic E-state index is -4.89. The smallest absolute Gasteiger partial charge is 0.433 e. The summed E-state index contributed by atoms with van der Waals surface area (Å²) in [5.74, 6) is -2.96. The zero-order valence-electron chi connectivity index (χ0n) is 21.7. The van der Waals surface area contributed by atoms with E-state index in [0.717, 1.165) is 15.8 Å². The zero-order chi connectivity index (χ0) is 28.9. The highest BCUT2D eigenvalue weighted by Crippen LogP contribution is 2.62. The lowest BCUT2D eigenvalue weighted by Crippen LogP contribution is -2.42. The standard InChI is InChI=1S/C26H29Cl2F3N4O4/c1-24(2,3)13-34(12-19(36)20-17(27)10-32-11-18(20)28)22(37)15-9-33-35(21(15)26(29,30)31)14-4-6-25(7-5-14)8-16(25)23(38)39/h9-11,14,16H,4-8,12-13H2,1-3H3,(H,38,39)/t14?,16-,25?/m0/s1. The summed E-state index contributed by atoms with van der Waals surface area (Å²) in [6, 6.07) is -0.629. The third-order valence-electron chi connectivity index (χ3n) is 7.50. The molecule has 0 saturated heterocycles. The SMILES string of the molecule is CC(C)(C)CN(CC(=O)c1c(Cl)cncc1Cl)C(=O)c1cnn(C2CCC3(CC2)C[C@H]3C(=O)O)c1C(F)(F)F. The van der Waals surface area contributed by atoms with Gasteiger partial charge in [-0.3, -0.25) is 24.0 Å². The van der Waals surface area contributed by atoms with Crippen LogP contribution in [0.15, 0.2) is 18.6 Å². The Hall–Kier alpha value is -2.66. The van der Waals surface area contributed by atoms with Crippen molar-refractivity contribution in [3.05, 3.63) is 45.5 Å². The summed E-state index contributed by atoms with van der Waals surface area (Å²) in [6.45, 7) is 4.79. The molecule has 39 heavy (non-hydrogen) atoms. The number of nitrogens with zero attached hydrogens (tertiary/aromatic N) is 4. The van der Waals surface area contributed by atoms with Gasteiger partial charge >= 0.3 is 12.1 Å². The van der Waals surface area contributed by atoms with Gasteiger partial charge in [0.1, 0.15) is 0 Å². The van der Waals surface area contributed by atoms with Crippen LogP contribution < -0.4 is 0 Å². The number of carboxylic acid groups (broad SMARTS) is 1. The van der Waals surface area contributed by atoms with Gasteiger partial charge in [0.15, 0.2) is 11.5 Å². The summed E-state index contributed by atoms with van der Waals surface area (Å²) in [5, 5.41) is 13.2. The van der Waals surface area contributed by atoms with Crippen molar-refractivity contribution >= 4 is 40.9 Å². The summed E-state index contributed by atoms with van der Waals surface area (Å²) < 4.78 is 44.1. The van der Waals surface area contributed by atoms with E-state index in [0.29, 0.717) is 32.1 Å². The Morgan fingerprint density at radius 2 is 1.69 bits per heavy atom. The number of halogens is 5. The maximum absolute atomic E-state index is 14.4. The largest absolute Gasteiger partial charge is 0.481 e. The molecule has 2 saturated carbocycles. The van der Waals surface area contributed by atoms with Crippen LogP contribution in [0.5, 0.6) is 0 Å². The Morgan fingerprint density at radius 1 is 1.10 bits per heavy atom. The van der Waals surface area contributed by atoms with Crippen LogP contribution in [0.25, 0.3) is 0 Å². The van der Waals surface area contributed by atoms with E-state index in [2.05, 4.69) is 10.1 Å². The van der Waals surface area contributed by atoms with Gasteiger partial charge in [0.2, 0.25) is 0 Å². The number of hydrogen-bond donors (Lipinski definition) is 1. The topological polar surface area (TPSA) is 105 Å². The van der Waals surface area contributed by atoms with Crippen molar-refractivity contribution in [2.45, 2.75) is 65.1 Å². The van der Waals surface area contributed by atoms with E-state index >= 15 is 0 Å². The predicted octanol–water partition coefficient (Wildman–Crippen LogP) is 6.18. The average Bonchev–Trinajstić information content (AvgIpc) is 3.31. The second kappa shape index (κ2) is 10.4. The lowest BCUT2D eigenvalue weighted by molar-refractivity contribution is -0.145. The summed E-state index contributed by atoms with van der Waals surface area (Å²) >= 11 is 12.2. The van der Waals surface area contributed by atoms with Crippen molar-refractivity contribution in [2.75, 3.05) is 13.1 Å². The highest BCUT2D eigenvalue weighted by molar-refractivity contribution is 6.39. The van der Waals surface area contributed by atoms with Crippen LogP contribution in [0.4, 0.5) is 13.2 Å². The van der Waals surface area contributed by atoms with E-state index in [1.807, 2.05) is 0 Å². The lowest BCUT2D eigenvalue weighted by Gasteiger charge is -2.31. The normalized spacial score (nSPS) is 23.1. The van der Waals surface area contributed by atoms with Gasteiger partial charge in [-0.1, -0.05) is 44.0 Å². The fourth-order valence-corrected chi connectivity index (χ4v) is 6.20. The van der Waals surface area contributed by atoms with Crippen molar-refractivity contribution in [3.8, 4) is 0 Å². The Morgan fingerprint density at radius 3 is 2.18 bits per heavy atom. The minimum Gasteiger partial charge on any atom is -0.481 e. The van der Waals surface area contributed by atoms with Gasteiger partial charge in [0, 0.05) is 18.9 Å². The molecule has 0 aliphatic heterocycles. The van der Waals surface area contributed by atoms with E-state index in [1.54, 1.807) is 20.8 Å². The van der Waals surface area contributed by atoms with Crippen LogP contribution in [0.2, 0.25) is 10.0 Å². The number of aromatic nitrogens is 3. The molecular weight excluding hydrogens is 560 g/mol. The molecule has 1 spiro atoms. The van der Waals surface area contributed by atoms with Crippen LogP contribution in [-0.4, -0.2) is 55.5 Å². The Kier molecular flexibility index (Phi) is 7.81. The molecule has 1 atom stereocenters. The number of Topliss-reactive ketones (excluding diaryl/α,β-unsaturated/α-hetero) is 1. The van der Waals surface area contributed by atoms with Gasteiger partial charge in [-0.25, -0.2) is 0 Å². The highest BCUT2D eigenvalue weighted by Gasteiger charge is 2.59. The number of carbonyl (C=O) groups is 3. The maximum Gasteiger partial charge on any atom is 0.433 e. The van der Waals surface area contributed by atoms with E-state index in [9.17, 15) is 32.7 Å². The second-order valence-corrected chi connectivity index (χ2v) is 12.5. The first-order chi connectivity index (χ1) is 18.0. The molecule has 1 amide bonds. The Balaban J connectivity index is 1.63. The molecule has 1 N–H and O–H groups in total. The van der Waals surface area contributed by atoms with Gasteiger partial charge in [-0.15, -0.1) is 0 Å².